The lowest BCUT2D eigenvalue weighted by Crippen LogP contribution is -2.43. The van der Waals surface area contributed by atoms with Gasteiger partial charge in [-0.3, -0.25) is 4.90 Å². The molecule has 0 aromatic heterocycles. The molecule has 2 nitrogen and oxygen atoms in total. The van der Waals surface area contributed by atoms with Crippen molar-refractivity contribution in [3.63, 3.8) is 0 Å². The zero-order valence-corrected chi connectivity index (χ0v) is 13.2. The van der Waals surface area contributed by atoms with Crippen molar-refractivity contribution in [2.75, 3.05) is 13.2 Å². The molecule has 116 valence electrons. The second-order valence-electron chi connectivity index (χ2n) is 6.32. The molecule has 1 saturated heterocycles. The zero-order valence-electron chi connectivity index (χ0n) is 13.2. The maximum absolute atomic E-state index is 9.44. The minimum absolute atomic E-state index is 0.226. The number of likely N-dealkylation sites (tertiary alicyclic amines) is 1. The number of aliphatic hydroxyl groups is 1. The number of nitrogens with zero attached hydrogens (tertiary/aromatic N) is 1. The third-order valence-corrected chi connectivity index (χ3v) is 4.91. The van der Waals surface area contributed by atoms with Crippen LogP contribution < -0.4 is 0 Å². The number of hydrogen-bond acceptors (Lipinski definition) is 2. The fourth-order valence-electron chi connectivity index (χ4n) is 3.85. The Hall–Kier alpha value is -1.64. The van der Waals surface area contributed by atoms with E-state index < -0.39 is 0 Å². The number of aliphatic hydroxyl groups excluding tert-OH is 1. The molecule has 1 aliphatic rings. The van der Waals surface area contributed by atoms with Crippen molar-refractivity contribution in [3.05, 3.63) is 71.8 Å². The molecule has 3 rings (SSSR count). The second-order valence-corrected chi connectivity index (χ2v) is 6.32. The van der Waals surface area contributed by atoms with E-state index in [1.807, 2.05) is 0 Å². The summed E-state index contributed by atoms with van der Waals surface area (Å²) in [5, 5.41) is 9.44. The average molecular weight is 295 g/mol. The van der Waals surface area contributed by atoms with Gasteiger partial charge in [-0.25, -0.2) is 0 Å². The topological polar surface area (TPSA) is 23.5 Å². The Kier molecular flexibility index (Phi) is 4.91. The van der Waals surface area contributed by atoms with E-state index >= 15 is 0 Å². The summed E-state index contributed by atoms with van der Waals surface area (Å²) in [5.41, 5.74) is 2.81. The van der Waals surface area contributed by atoms with E-state index in [-0.39, 0.29) is 6.61 Å². The third-order valence-electron chi connectivity index (χ3n) is 4.91. The van der Waals surface area contributed by atoms with Gasteiger partial charge in [-0.15, -0.1) is 0 Å². The summed E-state index contributed by atoms with van der Waals surface area (Å²) in [7, 11) is 0. The highest BCUT2D eigenvalue weighted by Gasteiger charge is 2.34. The highest BCUT2D eigenvalue weighted by atomic mass is 16.3. The van der Waals surface area contributed by atoms with Crippen LogP contribution in [0.2, 0.25) is 0 Å². The van der Waals surface area contributed by atoms with E-state index in [1.54, 1.807) is 0 Å². The third kappa shape index (κ3) is 3.23. The van der Waals surface area contributed by atoms with Crippen LogP contribution in [0.5, 0.6) is 0 Å². The van der Waals surface area contributed by atoms with E-state index in [0.29, 0.717) is 18.0 Å². The summed E-state index contributed by atoms with van der Waals surface area (Å²) >= 11 is 0. The Labute approximate surface area is 133 Å². The Morgan fingerprint density at radius 2 is 1.50 bits per heavy atom. The molecule has 2 aromatic rings. The summed E-state index contributed by atoms with van der Waals surface area (Å²) in [6.45, 7) is 3.27. The van der Waals surface area contributed by atoms with E-state index in [9.17, 15) is 5.11 Å². The van der Waals surface area contributed by atoms with Gasteiger partial charge in [0.25, 0.3) is 0 Å². The van der Waals surface area contributed by atoms with E-state index in [1.165, 1.54) is 11.1 Å². The Bertz CT molecular complexity index is 569. The molecule has 0 spiro atoms. The fourth-order valence-corrected chi connectivity index (χ4v) is 3.85. The molecule has 0 unspecified atom stereocenters. The lowest BCUT2D eigenvalue weighted by Gasteiger charge is -2.44. The predicted octanol–water partition coefficient (Wildman–Crippen LogP) is 3.99. The van der Waals surface area contributed by atoms with Gasteiger partial charge >= 0.3 is 0 Å². The van der Waals surface area contributed by atoms with Gasteiger partial charge in [0.05, 0.1) is 6.61 Å². The maximum Gasteiger partial charge on any atom is 0.0558 e. The molecule has 3 atom stereocenters. The van der Waals surface area contributed by atoms with Gasteiger partial charge in [-0.2, -0.15) is 0 Å². The van der Waals surface area contributed by atoms with Gasteiger partial charge in [-0.1, -0.05) is 60.7 Å². The van der Waals surface area contributed by atoms with Crippen molar-refractivity contribution in [2.45, 2.75) is 37.8 Å². The first kappa shape index (κ1) is 15.3. The standard InChI is InChI=1S/C20H25NO/c1-16-14-19(17-8-4-2-5-9-17)15-20(21(16)12-13-22)18-10-6-3-7-11-18/h2-11,16,19-20,22H,12-15H2,1H3/t16-,19+,20-/m1/s1. The molecule has 1 N–H and O–H groups in total. The van der Waals surface area contributed by atoms with Crippen molar-refractivity contribution in [1.82, 2.24) is 4.90 Å². The van der Waals surface area contributed by atoms with Gasteiger partial charge in [0.2, 0.25) is 0 Å². The molecule has 1 fully saturated rings. The molecule has 0 bridgehead atoms. The van der Waals surface area contributed by atoms with Crippen molar-refractivity contribution in [1.29, 1.82) is 0 Å². The van der Waals surface area contributed by atoms with Gasteiger partial charge in [0.1, 0.15) is 0 Å². The molecule has 0 amide bonds. The van der Waals surface area contributed by atoms with Crippen LogP contribution in [-0.2, 0) is 0 Å². The Balaban J connectivity index is 1.88. The number of piperidine rings is 1. The minimum atomic E-state index is 0.226. The van der Waals surface area contributed by atoms with Crippen molar-refractivity contribution >= 4 is 0 Å². The van der Waals surface area contributed by atoms with Crippen molar-refractivity contribution in [2.24, 2.45) is 0 Å². The summed E-state index contributed by atoms with van der Waals surface area (Å²) < 4.78 is 0. The van der Waals surface area contributed by atoms with Crippen LogP contribution in [-0.4, -0.2) is 29.2 Å². The van der Waals surface area contributed by atoms with Gasteiger partial charge in [-0.05, 0) is 36.8 Å². The van der Waals surface area contributed by atoms with Gasteiger partial charge < -0.3 is 5.11 Å². The van der Waals surface area contributed by atoms with Crippen molar-refractivity contribution in [3.8, 4) is 0 Å². The molecule has 1 heterocycles. The molecular formula is C20H25NO. The van der Waals surface area contributed by atoms with Crippen LogP contribution in [0.15, 0.2) is 60.7 Å². The Morgan fingerprint density at radius 1 is 0.909 bits per heavy atom. The van der Waals surface area contributed by atoms with Crippen LogP contribution in [0.1, 0.15) is 42.9 Å². The lowest BCUT2D eigenvalue weighted by molar-refractivity contribution is 0.0608. The van der Waals surface area contributed by atoms with Gasteiger partial charge in [0.15, 0.2) is 0 Å². The SMILES string of the molecule is C[C@@H]1C[C@H](c2ccccc2)C[C@H](c2ccccc2)N1CCO. The van der Waals surface area contributed by atoms with Crippen LogP contribution in [0.25, 0.3) is 0 Å². The van der Waals surface area contributed by atoms with Crippen molar-refractivity contribution < 1.29 is 5.11 Å². The molecular weight excluding hydrogens is 270 g/mol. The molecule has 2 aromatic carbocycles. The quantitative estimate of drug-likeness (QED) is 0.922. The highest BCUT2D eigenvalue weighted by molar-refractivity contribution is 5.25. The molecule has 0 aliphatic carbocycles. The number of β-amino-alcohol motifs (C(OH)–C–C–N with tert-alkyl or cyclic N) is 1. The highest BCUT2D eigenvalue weighted by Crippen LogP contribution is 2.41. The first-order valence-electron chi connectivity index (χ1n) is 8.26. The monoisotopic (exact) mass is 295 g/mol. The lowest BCUT2D eigenvalue weighted by atomic mass is 9.80. The zero-order chi connectivity index (χ0) is 15.4. The first-order chi connectivity index (χ1) is 10.8. The normalized spacial score (nSPS) is 26.0. The summed E-state index contributed by atoms with van der Waals surface area (Å²) in [6, 6.07) is 22.5. The van der Waals surface area contributed by atoms with Crippen LogP contribution in [0.4, 0.5) is 0 Å². The first-order valence-corrected chi connectivity index (χ1v) is 8.26. The molecule has 0 saturated carbocycles. The van der Waals surface area contributed by atoms with E-state index in [4.69, 9.17) is 0 Å². The average Bonchev–Trinajstić information content (AvgIpc) is 2.58. The van der Waals surface area contributed by atoms with Crippen LogP contribution in [0.3, 0.4) is 0 Å². The fraction of sp³-hybridized carbons (Fsp3) is 0.400. The smallest absolute Gasteiger partial charge is 0.0558 e. The molecule has 1 aliphatic heterocycles. The summed E-state index contributed by atoms with van der Waals surface area (Å²) in [5.74, 6) is 0.594. The minimum Gasteiger partial charge on any atom is -0.395 e. The van der Waals surface area contributed by atoms with E-state index in [2.05, 4.69) is 72.5 Å². The second kappa shape index (κ2) is 7.08. The number of rotatable bonds is 4. The summed E-state index contributed by atoms with van der Waals surface area (Å²) in [4.78, 5) is 2.47. The predicted molar refractivity (Wildman–Crippen MR) is 90.9 cm³/mol. The van der Waals surface area contributed by atoms with Crippen LogP contribution in [0, 0.1) is 0 Å². The van der Waals surface area contributed by atoms with E-state index in [0.717, 1.165) is 19.4 Å². The maximum atomic E-state index is 9.44. The van der Waals surface area contributed by atoms with Crippen LogP contribution >= 0.6 is 0 Å². The number of benzene rings is 2. The Morgan fingerprint density at radius 3 is 2.09 bits per heavy atom. The number of hydrogen-bond donors (Lipinski definition) is 1. The molecule has 22 heavy (non-hydrogen) atoms. The molecule has 2 heteroatoms. The summed E-state index contributed by atoms with van der Waals surface area (Å²) in [6.07, 6.45) is 2.28. The largest absolute Gasteiger partial charge is 0.395 e. The molecule has 0 radical (unpaired) electrons. The van der Waals surface area contributed by atoms with Gasteiger partial charge in [0, 0.05) is 18.6 Å².